The molecule has 4 rings (SSSR count). The zero-order valence-electron chi connectivity index (χ0n) is 13.0. The van der Waals surface area contributed by atoms with Gasteiger partial charge in [0.15, 0.2) is 0 Å². The number of rotatable bonds is 2. The van der Waals surface area contributed by atoms with E-state index in [0.717, 1.165) is 35.8 Å². The molecule has 3 aromatic rings. The van der Waals surface area contributed by atoms with Crippen LogP contribution in [-0.4, -0.2) is 5.97 Å². The molecule has 0 amide bonds. The van der Waals surface area contributed by atoms with E-state index in [1.807, 2.05) is 6.07 Å². The van der Waals surface area contributed by atoms with E-state index in [-0.39, 0.29) is 16.2 Å². The van der Waals surface area contributed by atoms with Gasteiger partial charge in [-0.1, -0.05) is 23.2 Å². The third-order valence-corrected chi connectivity index (χ3v) is 5.05. The van der Waals surface area contributed by atoms with Gasteiger partial charge in [-0.05, 0) is 55.2 Å². The SMILES string of the molecule is O=C(Oc1ccc2c3c(c(=O)oc2c1)CCC3)c1ccc(Cl)c(Cl)c1. The van der Waals surface area contributed by atoms with Crippen molar-refractivity contribution in [1.82, 2.24) is 0 Å². The number of benzene rings is 2. The Kier molecular flexibility index (Phi) is 4.02. The summed E-state index contributed by atoms with van der Waals surface area (Å²) < 4.78 is 10.7. The van der Waals surface area contributed by atoms with Crippen molar-refractivity contribution >= 4 is 40.1 Å². The first-order chi connectivity index (χ1) is 12.0. The van der Waals surface area contributed by atoms with Crippen molar-refractivity contribution in [3.63, 3.8) is 0 Å². The van der Waals surface area contributed by atoms with Gasteiger partial charge < -0.3 is 9.15 Å². The average Bonchev–Trinajstić information content (AvgIpc) is 3.07. The van der Waals surface area contributed by atoms with E-state index in [1.54, 1.807) is 12.1 Å². The zero-order valence-corrected chi connectivity index (χ0v) is 14.5. The van der Waals surface area contributed by atoms with Crippen molar-refractivity contribution in [3.8, 4) is 5.75 Å². The molecule has 0 radical (unpaired) electrons. The Bertz CT molecular complexity index is 1070. The highest BCUT2D eigenvalue weighted by molar-refractivity contribution is 6.42. The monoisotopic (exact) mass is 374 g/mol. The lowest BCUT2D eigenvalue weighted by Gasteiger charge is -2.08. The fourth-order valence-electron chi connectivity index (χ4n) is 3.12. The van der Waals surface area contributed by atoms with Gasteiger partial charge in [0.1, 0.15) is 11.3 Å². The van der Waals surface area contributed by atoms with Crippen LogP contribution in [0.25, 0.3) is 11.0 Å². The molecule has 1 aliphatic rings. The smallest absolute Gasteiger partial charge is 0.343 e. The van der Waals surface area contributed by atoms with Crippen LogP contribution in [-0.2, 0) is 12.8 Å². The Labute approximate surface area is 152 Å². The number of carbonyl (C=O) groups excluding carboxylic acids is 1. The van der Waals surface area contributed by atoms with E-state index in [1.165, 1.54) is 18.2 Å². The molecule has 2 aromatic carbocycles. The number of fused-ring (bicyclic) bond motifs is 3. The summed E-state index contributed by atoms with van der Waals surface area (Å²) in [6, 6.07) is 9.58. The molecule has 0 atom stereocenters. The summed E-state index contributed by atoms with van der Waals surface area (Å²) >= 11 is 11.8. The Morgan fingerprint density at radius 3 is 2.60 bits per heavy atom. The van der Waals surface area contributed by atoms with E-state index in [9.17, 15) is 9.59 Å². The summed E-state index contributed by atoms with van der Waals surface area (Å²) in [6.45, 7) is 0. The molecule has 0 unspecified atom stereocenters. The number of halogens is 2. The minimum Gasteiger partial charge on any atom is -0.423 e. The van der Waals surface area contributed by atoms with Crippen LogP contribution < -0.4 is 10.4 Å². The number of ether oxygens (including phenoxy) is 1. The minimum absolute atomic E-state index is 0.274. The van der Waals surface area contributed by atoms with Gasteiger partial charge in [-0.2, -0.15) is 0 Å². The normalized spacial score (nSPS) is 13.0. The summed E-state index contributed by atoms with van der Waals surface area (Å²) in [4.78, 5) is 24.3. The van der Waals surface area contributed by atoms with Crippen LogP contribution in [0.3, 0.4) is 0 Å². The first-order valence-electron chi connectivity index (χ1n) is 7.79. The first kappa shape index (κ1) is 16.2. The molecule has 0 saturated carbocycles. The van der Waals surface area contributed by atoms with Gasteiger partial charge in [0.2, 0.25) is 0 Å². The maximum absolute atomic E-state index is 12.3. The molecule has 0 aliphatic heterocycles. The number of carbonyl (C=O) groups is 1. The summed E-state index contributed by atoms with van der Waals surface area (Å²) in [7, 11) is 0. The second-order valence-corrected chi connectivity index (χ2v) is 6.69. The van der Waals surface area contributed by atoms with Gasteiger partial charge in [0.05, 0.1) is 15.6 Å². The molecule has 0 saturated heterocycles. The van der Waals surface area contributed by atoms with Crippen molar-refractivity contribution in [1.29, 1.82) is 0 Å². The molecule has 1 aliphatic carbocycles. The first-order valence-corrected chi connectivity index (χ1v) is 8.54. The molecule has 4 nitrogen and oxygen atoms in total. The molecule has 0 spiro atoms. The molecule has 6 heteroatoms. The van der Waals surface area contributed by atoms with Gasteiger partial charge in [0.25, 0.3) is 0 Å². The topological polar surface area (TPSA) is 56.5 Å². The van der Waals surface area contributed by atoms with Crippen LogP contribution in [0.15, 0.2) is 45.6 Å². The second-order valence-electron chi connectivity index (χ2n) is 5.88. The van der Waals surface area contributed by atoms with E-state index in [4.69, 9.17) is 32.4 Å². The molecule has 25 heavy (non-hydrogen) atoms. The summed E-state index contributed by atoms with van der Waals surface area (Å²) in [5.74, 6) is -0.272. The van der Waals surface area contributed by atoms with Crippen LogP contribution in [0.5, 0.6) is 5.75 Å². The summed E-state index contributed by atoms with van der Waals surface area (Å²) in [5, 5.41) is 1.53. The van der Waals surface area contributed by atoms with Gasteiger partial charge in [-0.25, -0.2) is 9.59 Å². The van der Waals surface area contributed by atoms with Crippen LogP contribution in [0.1, 0.15) is 27.9 Å². The summed E-state index contributed by atoms with van der Waals surface area (Å²) in [6.07, 6.45) is 2.56. The van der Waals surface area contributed by atoms with E-state index < -0.39 is 5.97 Å². The third kappa shape index (κ3) is 2.92. The van der Waals surface area contributed by atoms with Crippen LogP contribution in [0.4, 0.5) is 0 Å². The van der Waals surface area contributed by atoms with Gasteiger partial charge in [0, 0.05) is 17.0 Å². The third-order valence-electron chi connectivity index (χ3n) is 4.31. The summed E-state index contributed by atoms with van der Waals surface area (Å²) in [5.41, 5.74) is 2.18. The molecular weight excluding hydrogens is 363 g/mol. The van der Waals surface area contributed by atoms with Crippen molar-refractivity contribution < 1.29 is 13.9 Å². The van der Waals surface area contributed by atoms with Crippen molar-refractivity contribution in [2.45, 2.75) is 19.3 Å². The lowest BCUT2D eigenvalue weighted by atomic mass is 10.1. The Balaban J connectivity index is 1.68. The number of hydrogen-bond acceptors (Lipinski definition) is 4. The van der Waals surface area contributed by atoms with Gasteiger partial charge in [-0.3, -0.25) is 0 Å². The predicted octanol–water partition coefficient (Wildman–Crippen LogP) is 4.81. The molecule has 1 heterocycles. The number of aryl methyl sites for hydroxylation is 1. The highest BCUT2D eigenvalue weighted by Crippen LogP contribution is 2.30. The highest BCUT2D eigenvalue weighted by Gasteiger charge is 2.20. The van der Waals surface area contributed by atoms with Crippen molar-refractivity contribution in [2.75, 3.05) is 0 Å². The van der Waals surface area contributed by atoms with Gasteiger partial charge >= 0.3 is 11.6 Å². The lowest BCUT2D eigenvalue weighted by Crippen LogP contribution is -2.09. The van der Waals surface area contributed by atoms with Crippen LogP contribution in [0, 0.1) is 0 Å². The largest absolute Gasteiger partial charge is 0.423 e. The Hall–Kier alpha value is -2.30. The number of esters is 1. The zero-order chi connectivity index (χ0) is 17.6. The predicted molar refractivity (Wildman–Crippen MR) is 95.9 cm³/mol. The van der Waals surface area contributed by atoms with Crippen LogP contribution in [0.2, 0.25) is 10.0 Å². The van der Waals surface area contributed by atoms with E-state index >= 15 is 0 Å². The quantitative estimate of drug-likeness (QED) is 0.367. The molecule has 0 fully saturated rings. The fourth-order valence-corrected chi connectivity index (χ4v) is 3.41. The maximum Gasteiger partial charge on any atom is 0.343 e. The van der Waals surface area contributed by atoms with Gasteiger partial charge in [-0.15, -0.1) is 0 Å². The second kappa shape index (κ2) is 6.21. The standard InChI is InChI=1S/C19H12Cl2O4/c20-15-7-4-10(8-16(15)21)18(22)24-11-5-6-13-12-2-1-3-14(12)19(23)25-17(13)9-11/h4-9H,1-3H2. The molecule has 1 aromatic heterocycles. The Morgan fingerprint density at radius 1 is 1.00 bits per heavy atom. The van der Waals surface area contributed by atoms with E-state index in [0.29, 0.717) is 16.4 Å². The van der Waals surface area contributed by atoms with Crippen molar-refractivity contribution in [2.24, 2.45) is 0 Å². The van der Waals surface area contributed by atoms with Crippen molar-refractivity contribution in [3.05, 3.63) is 73.6 Å². The van der Waals surface area contributed by atoms with Crippen LogP contribution >= 0.6 is 23.2 Å². The molecular formula is C19H12Cl2O4. The average molecular weight is 375 g/mol. The molecule has 126 valence electrons. The highest BCUT2D eigenvalue weighted by atomic mass is 35.5. The van der Waals surface area contributed by atoms with E-state index in [2.05, 4.69) is 0 Å². The lowest BCUT2D eigenvalue weighted by molar-refractivity contribution is 0.0735. The Morgan fingerprint density at radius 2 is 1.80 bits per heavy atom. The molecule has 0 N–H and O–H groups in total. The fraction of sp³-hybridized carbons (Fsp3) is 0.158. The molecule has 0 bridgehead atoms. The minimum atomic E-state index is -0.568. The number of hydrogen-bond donors (Lipinski definition) is 0. The maximum atomic E-state index is 12.3.